The highest BCUT2D eigenvalue weighted by Gasteiger charge is 2.45. The van der Waals surface area contributed by atoms with Gasteiger partial charge >= 0.3 is 0 Å². The van der Waals surface area contributed by atoms with Crippen molar-refractivity contribution < 1.29 is 4.74 Å². The fourth-order valence-corrected chi connectivity index (χ4v) is 4.20. The monoisotopic (exact) mass is 237 g/mol. The molecule has 2 nitrogen and oxygen atoms in total. The number of fused-ring (bicyclic) bond motifs is 1. The van der Waals surface area contributed by atoms with Gasteiger partial charge in [-0.05, 0) is 41.7 Å². The number of rotatable bonds is 1. The van der Waals surface area contributed by atoms with Crippen LogP contribution in [0.2, 0.25) is 0 Å². The first-order valence-corrected chi connectivity index (χ1v) is 7.17. The average molecular weight is 237 g/mol. The van der Waals surface area contributed by atoms with Crippen molar-refractivity contribution in [1.82, 2.24) is 5.32 Å². The Morgan fingerprint density at radius 2 is 2.38 bits per heavy atom. The number of ether oxygens (including phenoxy) is 1. The third-order valence-electron chi connectivity index (χ3n) is 4.03. The minimum Gasteiger partial charge on any atom is -0.375 e. The van der Waals surface area contributed by atoms with Crippen molar-refractivity contribution in [3.05, 3.63) is 21.9 Å². The van der Waals surface area contributed by atoms with Crippen molar-refractivity contribution in [2.24, 2.45) is 0 Å². The van der Waals surface area contributed by atoms with Crippen LogP contribution in [-0.2, 0) is 10.3 Å². The van der Waals surface area contributed by atoms with E-state index in [9.17, 15) is 0 Å². The highest BCUT2D eigenvalue weighted by molar-refractivity contribution is 7.08. The Kier molecular flexibility index (Phi) is 2.78. The summed E-state index contributed by atoms with van der Waals surface area (Å²) in [7, 11) is 0. The van der Waals surface area contributed by atoms with Gasteiger partial charge in [0.05, 0.1) is 18.2 Å². The molecule has 2 atom stereocenters. The van der Waals surface area contributed by atoms with Crippen molar-refractivity contribution in [3.63, 3.8) is 0 Å². The van der Waals surface area contributed by atoms with Crippen LogP contribution in [-0.4, -0.2) is 19.3 Å². The fourth-order valence-electron chi connectivity index (χ4n) is 3.26. The van der Waals surface area contributed by atoms with Gasteiger partial charge in [-0.3, -0.25) is 0 Å². The van der Waals surface area contributed by atoms with Crippen LogP contribution in [0.5, 0.6) is 0 Å². The molecule has 2 fully saturated rings. The smallest absolute Gasteiger partial charge is 0.0799 e. The first kappa shape index (κ1) is 10.8. The van der Waals surface area contributed by atoms with Gasteiger partial charge in [-0.2, -0.15) is 11.3 Å². The Labute approximate surface area is 101 Å². The van der Waals surface area contributed by atoms with Gasteiger partial charge in [0.25, 0.3) is 0 Å². The molecule has 1 aliphatic heterocycles. The third-order valence-corrected chi connectivity index (χ3v) is 4.90. The summed E-state index contributed by atoms with van der Waals surface area (Å²) in [6.07, 6.45) is 5.47. The lowest BCUT2D eigenvalue weighted by molar-refractivity contribution is -0.0757. The van der Waals surface area contributed by atoms with Gasteiger partial charge in [0.2, 0.25) is 0 Å². The maximum Gasteiger partial charge on any atom is 0.0799 e. The van der Waals surface area contributed by atoms with Crippen LogP contribution in [0.1, 0.15) is 36.8 Å². The molecule has 3 heteroatoms. The number of nitrogens with one attached hydrogen (secondary N) is 1. The predicted octanol–water partition coefficient (Wildman–Crippen LogP) is 2.81. The molecule has 0 spiro atoms. The summed E-state index contributed by atoms with van der Waals surface area (Å²) < 4.78 is 6.01. The van der Waals surface area contributed by atoms with Gasteiger partial charge < -0.3 is 10.1 Å². The van der Waals surface area contributed by atoms with E-state index in [-0.39, 0.29) is 5.54 Å². The van der Waals surface area contributed by atoms with E-state index in [1.54, 1.807) is 0 Å². The zero-order valence-electron chi connectivity index (χ0n) is 9.79. The second-order valence-electron chi connectivity index (χ2n) is 4.97. The number of hydrogen-bond donors (Lipinski definition) is 1. The second kappa shape index (κ2) is 4.13. The molecule has 1 N–H and O–H groups in total. The minimum absolute atomic E-state index is 0.126. The van der Waals surface area contributed by atoms with Crippen molar-refractivity contribution >= 4 is 11.3 Å². The van der Waals surface area contributed by atoms with E-state index in [0.29, 0.717) is 6.10 Å². The number of morpholine rings is 1. The van der Waals surface area contributed by atoms with Crippen LogP contribution in [0.4, 0.5) is 0 Å². The Bertz CT molecular complexity index is 362. The van der Waals surface area contributed by atoms with Gasteiger partial charge in [-0.25, -0.2) is 0 Å². The van der Waals surface area contributed by atoms with E-state index in [0.717, 1.165) is 13.2 Å². The SMILES string of the molecule is Cc1cscc1C12CCCCC1OCCN2. The molecule has 16 heavy (non-hydrogen) atoms. The van der Waals surface area contributed by atoms with E-state index in [2.05, 4.69) is 23.0 Å². The zero-order valence-corrected chi connectivity index (χ0v) is 10.6. The zero-order chi connectivity index (χ0) is 11.0. The van der Waals surface area contributed by atoms with Gasteiger partial charge in [0.15, 0.2) is 0 Å². The topological polar surface area (TPSA) is 21.3 Å². The minimum atomic E-state index is 0.126. The molecular weight excluding hydrogens is 218 g/mol. The lowest BCUT2D eigenvalue weighted by Gasteiger charge is -2.48. The van der Waals surface area contributed by atoms with Gasteiger partial charge in [0, 0.05) is 6.54 Å². The first-order chi connectivity index (χ1) is 7.83. The van der Waals surface area contributed by atoms with Crippen LogP contribution in [0, 0.1) is 6.92 Å². The van der Waals surface area contributed by atoms with Crippen LogP contribution in [0.3, 0.4) is 0 Å². The molecule has 1 aliphatic carbocycles. The summed E-state index contributed by atoms with van der Waals surface area (Å²) in [6, 6.07) is 0. The molecule has 0 aromatic carbocycles. The van der Waals surface area contributed by atoms with Gasteiger partial charge in [0.1, 0.15) is 0 Å². The molecule has 2 unspecified atom stereocenters. The highest BCUT2D eigenvalue weighted by atomic mass is 32.1. The summed E-state index contributed by atoms with van der Waals surface area (Å²) in [6.45, 7) is 4.09. The Morgan fingerprint density at radius 3 is 3.19 bits per heavy atom. The van der Waals surface area contributed by atoms with Crippen molar-refractivity contribution in [3.8, 4) is 0 Å². The molecule has 1 saturated carbocycles. The number of hydrogen-bond acceptors (Lipinski definition) is 3. The maximum atomic E-state index is 6.01. The van der Waals surface area contributed by atoms with Gasteiger partial charge in [-0.1, -0.05) is 12.8 Å². The van der Waals surface area contributed by atoms with E-state index in [4.69, 9.17) is 4.74 Å². The number of thiophene rings is 1. The van der Waals surface area contributed by atoms with E-state index in [1.807, 2.05) is 11.3 Å². The molecule has 1 saturated heterocycles. The summed E-state index contributed by atoms with van der Waals surface area (Å²) in [5.41, 5.74) is 3.04. The molecule has 1 aromatic heterocycles. The van der Waals surface area contributed by atoms with E-state index >= 15 is 0 Å². The Morgan fingerprint density at radius 1 is 1.44 bits per heavy atom. The normalized spacial score (nSPS) is 34.7. The van der Waals surface area contributed by atoms with Crippen LogP contribution < -0.4 is 5.32 Å². The summed E-state index contributed by atoms with van der Waals surface area (Å²) >= 11 is 1.81. The third kappa shape index (κ3) is 1.53. The second-order valence-corrected chi connectivity index (χ2v) is 5.72. The average Bonchev–Trinajstić information content (AvgIpc) is 2.76. The molecule has 1 aromatic rings. The van der Waals surface area contributed by atoms with Crippen molar-refractivity contribution in [1.29, 1.82) is 0 Å². The predicted molar refractivity (Wildman–Crippen MR) is 66.9 cm³/mol. The summed E-state index contributed by atoms with van der Waals surface area (Å²) in [5.74, 6) is 0. The lowest BCUT2D eigenvalue weighted by atomic mass is 9.73. The standard InChI is InChI=1S/C13H19NOS/c1-10-8-16-9-11(10)13-5-3-2-4-12(13)15-7-6-14-13/h8-9,12,14H,2-7H2,1H3. The fraction of sp³-hybridized carbons (Fsp3) is 0.692. The van der Waals surface area contributed by atoms with E-state index < -0.39 is 0 Å². The summed E-state index contributed by atoms with van der Waals surface area (Å²) in [4.78, 5) is 0. The Balaban J connectivity index is 2.01. The molecule has 0 amide bonds. The van der Waals surface area contributed by atoms with Crippen molar-refractivity contribution in [2.45, 2.75) is 44.2 Å². The quantitative estimate of drug-likeness (QED) is 0.811. The molecule has 0 radical (unpaired) electrons. The Hall–Kier alpha value is -0.380. The molecule has 2 heterocycles. The molecule has 0 bridgehead atoms. The largest absolute Gasteiger partial charge is 0.375 e. The number of aryl methyl sites for hydroxylation is 1. The van der Waals surface area contributed by atoms with Crippen LogP contribution >= 0.6 is 11.3 Å². The van der Waals surface area contributed by atoms with Crippen LogP contribution in [0.15, 0.2) is 10.8 Å². The van der Waals surface area contributed by atoms with Crippen molar-refractivity contribution in [2.75, 3.05) is 13.2 Å². The maximum absolute atomic E-state index is 6.01. The molecule has 88 valence electrons. The van der Waals surface area contributed by atoms with Crippen LogP contribution in [0.25, 0.3) is 0 Å². The highest BCUT2D eigenvalue weighted by Crippen LogP contribution is 2.42. The van der Waals surface area contributed by atoms with Gasteiger partial charge in [-0.15, -0.1) is 0 Å². The molecule has 3 rings (SSSR count). The van der Waals surface area contributed by atoms with E-state index in [1.165, 1.54) is 36.8 Å². The molecule has 2 aliphatic rings. The first-order valence-electron chi connectivity index (χ1n) is 6.23. The molecular formula is C13H19NOS. The lowest BCUT2D eigenvalue weighted by Crippen LogP contribution is -2.59. The summed E-state index contributed by atoms with van der Waals surface area (Å²) in [5, 5.41) is 8.33.